The van der Waals surface area contributed by atoms with Gasteiger partial charge in [-0.2, -0.15) is 0 Å². The summed E-state index contributed by atoms with van der Waals surface area (Å²) in [4.78, 5) is 0. The molecule has 2 unspecified atom stereocenters. The molecule has 0 heterocycles. The Morgan fingerprint density at radius 1 is 1.11 bits per heavy atom. The maximum absolute atomic E-state index is 10.3. The van der Waals surface area contributed by atoms with E-state index in [1.807, 2.05) is 30.3 Å². The van der Waals surface area contributed by atoms with Crippen LogP contribution in [0.25, 0.3) is 10.8 Å². The van der Waals surface area contributed by atoms with Crippen molar-refractivity contribution in [3.63, 3.8) is 0 Å². The monoisotopic (exact) mass is 262 g/mol. The number of ether oxygens (including phenoxy) is 1. The Morgan fingerprint density at radius 2 is 1.84 bits per heavy atom. The van der Waals surface area contributed by atoms with E-state index in [2.05, 4.69) is 0 Å². The van der Waals surface area contributed by atoms with E-state index in [1.165, 1.54) is 7.11 Å². The molecule has 2 atom stereocenters. The number of fused-ring (bicyclic) bond motifs is 1. The molecule has 0 amide bonds. The fraction of sp³-hybridized carbons (Fsp3) is 0.333. The van der Waals surface area contributed by atoms with Gasteiger partial charge in [0.2, 0.25) is 0 Å². The molecule has 19 heavy (non-hydrogen) atoms. The summed E-state index contributed by atoms with van der Waals surface area (Å²) in [6.07, 6.45) is -1.99. The first-order valence-corrected chi connectivity index (χ1v) is 6.21. The Labute approximate surface area is 111 Å². The van der Waals surface area contributed by atoms with Crippen LogP contribution >= 0.6 is 0 Å². The molecule has 0 aliphatic rings. The predicted molar refractivity (Wildman–Crippen MR) is 73.2 cm³/mol. The molecule has 2 rings (SSSR count). The molecule has 0 fully saturated rings. The van der Waals surface area contributed by atoms with Gasteiger partial charge in [0.05, 0.1) is 13.2 Å². The second-order valence-corrected chi connectivity index (χ2v) is 4.43. The first kappa shape index (κ1) is 13.8. The Morgan fingerprint density at radius 3 is 2.53 bits per heavy atom. The minimum absolute atomic E-state index is 0.119. The van der Waals surface area contributed by atoms with Crippen LogP contribution in [0.15, 0.2) is 36.4 Å². The third-order valence-corrected chi connectivity index (χ3v) is 3.24. The van der Waals surface area contributed by atoms with Gasteiger partial charge in [0.25, 0.3) is 0 Å². The molecule has 4 heteroatoms. The molecule has 3 N–H and O–H groups in total. The lowest BCUT2D eigenvalue weighted by Crippen LogP contribution is -2.20. The second-order valence-electron chi connectivity index (χ2n) is 4.43. The summed E-state index contributed by atoms with van der Waals surface area (Å²) in [6.45, 7) is -0.175. The van der Waals surface area contributed by atoms with Crippen LogP contribution in [0.3, 0.4) is 0 Å². The molecule has 0 aliphatic heterocycles. The van der Waals surface area contributed by atoms with Crippen LogP contribution < -0.4 is 4.74 Å². The summed E-state index contributed by atoms with van der Waals surface area (Å²) in [5.74, 6) is 0.531. The third kappa shape index (κ3) is 2.71. The van der Waals surface area contributed by atoms with E-state index >= 15 is 0 Å². The molecule has 4 nitrogen and oxygen atoms in total. The van der Waals surface area contributed by atoms with Crippen molar-refractivity contribution in [2.45, 2.75) is 18.6 Å². The van der Waals surface area contributed by atoms with Gasteiger partial charge in [-0.3, -0.25) is 0 Å². The van der Waals surface area contributed by atoms with Crippen molar-refractivity contribution < 1.29 is 20.1 Å². The number of aliphatic hydroxyl groups excluding tert-OH is 3. The SMILES string of the molecule is COc1ccc2ccccc2c1C(O)C(O)CCO. The zero-order valence-electron chi connectivity index (χ0n) is 10.8. The maximum atomic E-state index is 10.3. The molecule has 0 aromatic heterocycles. The topological polar surface area (TPSA) is 69.9 Å². The molecule has 2 aromatic rings. The average Bonchev–Trinajstić information content (AvgIpc) is 2.45. The molecule has 0 radical (unpaired) electrons. The molecule has 0 saturated carbocycles. The highest BCUT2D eigenvalue weighted by atomic mass is 16.5. The van der Waals surface area contributed by atoms with Crippen LogP contribution in [0.2, 0.25) is 0 Å². The van der Waals surface area contributed by atoms with Crippen molar-refractivity contribution in [3.05, 3.63) is 42.0 Å². The van der Waals surface area contributed by atoms with Gasteiger partial charge in [-0.05, 0) is 23.3 Å². The van der Waals surface area contributed by atoms with Crippen molar-refractivity contribution in [1.82, 2.24) is 0 Å². The minimum Gasteiger partial charge on any atom is -0.496 e. The van der Waals surface area contributed by atoms with E-state index in [-0.39, 0.29) is 13.0 Å². The van der Waals surface area contributed by atoms with Gasteiger partial charge < -0.3 is 20.1 Å². The first-order valence-electron chi connectivity index (χ1n) is 6.21. The average molecular weight is 262 g/mol. The Hall–Kier alpha value is -1.62. The number of methoxy groups -OCH3 is 1. The molecule has 0 aliphatic carbocycles. The fourth-order valence-corrected chi connectivity index (χ4v) is 2.24. The van der Waals surface area contributed by atoms with E-state index in [9.17, 15) is 10.2 Å². The van der Waals surface area contributed by atoms with Crippen molar-refractivity contribution >= 4 is 10.8 Å². The molecule has 2 aromatic carbocycles. The van der Waals surface area contributed by atoms with Gasteiger partial charge in [0.1, 0.15) is 11.9 Å². The molecule has 102 valence electrons. The smallest absolute Gasteiger partial charge is 0.125 e. The standard InChI is InChI=1S/C15H18O4/c1-19-13-7-6-10-4-2-3-5-11(10)14(13)15(18)12(17)8-9-16/h2-7,12,15-18H,8-9H2,1H3. The number of rotatable bonds is 5. The number of aliphatic hydroxyl groups is 3. The molecular weight excluding hydrogens is 244 g/mol. The Balaban J connectivity index is 2.55. The van der Waals surface area contributed by atoms with Crippen LogP contribution in [-0.2, 0) is 0 Å². The minimum atomic E-state index is -1.09. The lowest BCUT2D eigenvalue weighted by Gasteiger charge is -2.21. The summed E-state index contributed by atoms with van der Waals surface area (Å²) in [7, 11) is 1.53. The lowest BCUT2D eigenvalue weighted by atomic mass is 9.95. The van der Waals surface area contributed by atoms with Gasteiger partial charge >= 0.3 is 0 Å². The van der Waals surface area contributed by atoms with Crippen molar-refractivity contribution in [2.75, 3.05) is 13.7 Å². The third-order valence-electron chi connectivity index (χ3n) is 3.24. The van der Waals surface area contributed by atoms with Gasteiger partial charge in [-0.15, -0.1) is 0 Å². The summed E-state index contributed by atoms with van der Waals surface area (Å²) in [5, 5.41) is 30.8. The quantitative estimate of drug-likeness (QED) is 0.766. The molecular formula is C15H18O4. The van der Waals surface area contributed by atoms with Crippen LogP contribution in [0.4, 0.5) is 0 Å². The van der Waals surface area contributed by atoms with Crippen LogP contribution in [0.1, 0.15) is 18.1 Å². The van der Waals surface area contributed by atoms with E-state index in [1.54, 1.807) is 6.07 Å². The normalized spacial score (nSPS) is 14.3. The Bertz CT molecular complexity index is 553. The number of benzene rings is 2. The summed E-state index contributed by atoms with van der Waals surface area (Å²) in [5.41, 5.74) is 0.557. The van der Waals surface area contributed by atoms with Crippen LogP contribution in [-0.4, -0.2) is 35.1 Å². The van der Waals surface area contributed by atoms with Gasteiger partial charge in [0.15, 0.2) is 0 Å². The highest BCUT2D eigenvalue weighted by Gasteiger charge is 2.23. The van der Waals surface area contributed by atoms with Crippen molar-refractivity contribution in [1.29, 1.82) is 0 Å². The molecule has 0 saturated heterocycles. The van der Waals surface area contributed by atoms with Gasteiger partial charge in [-0.25, -0.2) is 0 Å². The maximum Gasteiger partial charge on any atom is 0.125 e. The fourth-order valence-electron chi connectivity index (χ4n) is 2.24. The molecule has 0 bridgehead atoms. The van der Waals surface area contributed by atoms with Gasteiger partial charge in [-0.1, -0.05) is 30.3 Å². The molecule has 0 spiro atoms. The van der Waals surface area contributed by atoms with Crippen LogP contribution in [0.5, 0.6) is 5.75 Å². The lowest BCUT2D eigenvalue weighted by molar-refractivity contribution is 0.00386. The zero-order chi connectivity index (χ0) is 13.8. The van der Waals surface area contributed by atoms with E-state index in [0.29, 0.717) is 11.3 Å². The summed E-state index contributed by atoms with van der Waals surface area (Å²) in [6, 6.07) is 11.3. The Kier molecular flexibility index (Phi) is 4.37. The first-order chi connectivity index (χ1) is 9.19. The largest absolute Gasteiger partial charge is 0.496 e. The zero-order valence-corrected chi connectivity index (χ0v) is 10.8. The van der Waals surface area contributed by atoms with E-state index in [0.717, 1.165) is 10.8 Å². The van der Waals surface area contributed by atoms with E-state index < -0.39 is 12.2 Å². The van der Waals surface area contributed by atoms with Crippen molar-refractivity contribution in [3.8, 4) is 5.75 Å². The summed E-state index contributed by atoms with van der Waals surface area (Å²) >= 11 is 0. The van der Waals surface area contributed by atoms with Crippen LogP contribution in [0, 0.1) is 0 Å². The van der Waals surface area contributed by atoms with E-state index in [4.69, 9.17) is 9.84 Å². The van der Waals surface area contributed by atoms with Gasteiger partial charge in [0, 0.05) is 12.2 Å². The number of hydrogen-bond donors (Lipinski definition) is 3. The highest BCUT2D eigenvalue weighted by molar-refractivity contribution is 5.88. The summed E-state index contributed by atoms with van der Waals surface area (Å²) < 4.78 is 5.27. The predicted octanol–water partition coefficient (Wildman–Crippen LogP) is 1.63. The highest BCUT2D eigenvalue weighted by Crippen LogP contribution is 2.35. The van der Waals surface area contributed by atoms with Crippen molar-refractivity contribution in [2.24, 2.45) is 0 Å². The second kappa shape index (κ2) is 6.02. The number of hydrogen-bond acceptors (Lipinski definition) is 4.